The van der Waals surface area contributed by atoms with E-state index >= 15 is 0 Å². The molecular formula is C12H18N2O2. The first-order valence-corrected chi connectivity index (χ1v) is 5.28. The lowest BCUT2D eigenvalue weighted by molar-refractivity contribution is -0.116. The van der Waals surface area contributed by atoms with Crippen LogP contribution in [0.3, 0.4) is 0 Å². The summed E-state index contributed by atoms with van der Waals surface area (Å²) in [4.78, 5) is 17.2. The van der Waals surface area contributed by atoms with Crippen molar-refractivity contribution >= 4 is 11.6 Å². The number of Topliss-reactive ketones (excluding diaryl/α,β-unsaturated/α-hetero) is 1. The average Bonchev–Trinajstić information content (AvgIpc) is 2.26. The van der Waals surface area contributed by atoms with Crippen LogP contribution in [0.2, 0.25) is 0 Å². The molecule has 0 saturated carbocycles. The molecular weight excluding hydrogens is 204 g/mol. The van der Waals surface area contributed by atoms with Crippen LogP contribution in [0.5, 0.6) is 0 Å². The summed E-state index contributed by atoms with van der Waals surface area (Å²) in [7, 11) is 3.64. The number of ketones is 1. The molecule has 0 unspecified atom stereocenters. The Morgan fingerprint density at radius 3 is 2.75 bits per heavy atom. The van der Waals surface area contributed by atoms with Gasteiger partial charge in [-0.2, -0.15) is 0 Å². The first-order chi connectivity index (χ1) is 7.63. The van der Waals surface area contributed by atoms with Crippen LogP contribution < -0.4 is 4.90 Å². The SMILES string of the molecule is COCCN(C)c1ccc(CC(C)=O)cn1. The predicted octanol–water partition coefficient (Wildman–Crippen LogP) is 1.30. The average molecular weight is 222 g/mol. The summed E-state index contributed by atoms with van der Waals surface area (Å²) in [5.41, 5.74) is 0.955. The molecule has 1 rings (SSSR count). The molecule has 0 aliphatic carbocycles. The van der Waals surface area contributed by atoms with Crippen LogP contribution in [-0.4, -0.2) is 38.1 Å². The lowest BCUT2D eigenvalue weighted by atomic mass is 10.1. The molecule has 1 heterocycles. The van der Waals surface area contributed by atoms with Crippen LogP contribution in [0.15, 0.2) is 18.3 Å². The van der Waals surface area contributed by atoms with Gasteiger partial charge in [0, 0.05) is 33.3 Å². The van der Waals surface area contributed by atoms with E-state index in [4.69, 9.17) is 4.74 Å². The van der Waals surface area contributed by atoms with Crippen molar-refractivity contribution in [2.24, 2.45) is 0 Å². The third-order valence-corrected chi connectivity index (χ3v) is 2.28. The summed E-state index contributed by atoms with van der Waals surface area (Å²) in [6, 6.07) is 3.86. The minimum atomic E-state index is 0.155. The summed E-state index contributed by atoms with van der Waals surface area (Å²) >= 11 is 0. The number of ether oxygens (including phenoxy) is 1. The minimum absolute atomic E-state index is 0.155. The van der Waals surface area contributed by atoms with E-state index in [1.807, 2.05) is 24.1 Å². The zero-order chi connectivity index (χ0) is 12.0. The van der Waals surface area contributed by atoms with Crippen molar-refractivity contribution in [3.63, 3.8) is 0 Å². The number of aromatic nitrogens is 1. The second-order valence-corrected chi connectivity index (χ2v) is 3.82. The number of pyridine rings is 1. The molecule has 16 heavy (non-hydrogen) atoms. The summed E-state index contributed by atoms with van der Waals surface area (Å²) in [6.07, 6.45) is 2.20. The van der Waals surface area contributed by atoms with E-state index in [0.717, 1.165) is 17.9 Å². The number of rotatable bonds is 6. The topological polar surface area (TPSA) is 42.4 Å². The second-order valence-electron chi connectivity index (χ2n) is 3.82. The monoisotopic (exact) mass is 222 g/mol. The van der Waals surface area contributed by atoms with E-state index in [1.165, 1.54) is 0 Å². The number of hydrogen-bond donors (Lipinski definition) is 0. The molecule has 4 heteroatoms. The van der Waals surface area contributed by atoms with Crippen molar-refractivity contribution in [1.29, 1.82) is 0 Å². The van der Waals surface area contributed by atoms with Gasteiger partial charge < -0.3 is 9.64 Å². The lowest BCUT2D eigenvalue weighted by Gasteiger charge is -2.17. The largest absolute Gasteiger partial charge is 0.383 e. The summed E-state index contributed by atoms with van der Waals surface area (Å²) in [6.45, 7) is 3.06. The van der Waals surface area contributed by atoms with Crippen molar-refractivity contribution in [1.82, 2.24) is 4.98 Å². The maximum Gasteiger partial charge on any atom is 0.134 e. The Hall–Kier alpha value is -1.42. The molecule has 0 fully saturated rings. The maximum atomic E-state index is 10.9. The minimum Gasteiger partial charge on any atom is -0.383 e. The highest BCUT2D eigenvalue weighted by molar-refractivity contribution is 5.78. The fraction of sp³-hybridized carbons (Fsp3) is 0.500. The molecule has 0 radical (unpaired) electrons. The highest BCUT2D eigenvalue weighted by atomic mass is 16.5. The number of likely N-dealkylation sites (N-methyl/N-ethyl adjacent to an activating group) is 1. The third kappa shape index (κ3) is 3.98. The Bertz CT molecular complexity index is 335. The molecule has 0 saturated heterocycles. The number of anilines is 1. The fourth-order valence-corrected chi connectivity index (χ4v) is 1.38. The molecule has 0 N–H and O–H groups in total. The first-order valence-electron chi connectivity index (χ1n) is 5.28. The quantitative estimate of drug-likeness (QED) is 0.727. The number of carbonyl (C=O) groups excluding carboxylic acids is 1. The molecule has 88 valence electrons. The van der Waals surface area contributed by atoms with Gasteiger partial charge in [0.15, 0.2) is 0 Å². The van der Waals surface area contributed by atoms with Gasteiger partial charge in [-0.1, -0.05) is 6.07 Å². The van der Waals surface area contributed by atoms with Gasteiger partial charge in [0.2, 0.25) is 0 Å². The van der Waals surface area contributed by atoms with Gasteiger partial charge in [0.1, 0.15) is 11.6 Å². The zero-order valence-electron chi connectivity index (χ0n) is 10.1. The highest BCUT2D eigenvalue weighted by Crippen LogP contribution is 2.09. The standard InChI is InChI=1S/C12H18N2O2/c1-10(15)8-11-4-5-12(13-9-11)14(2)6-7-16-3/h4-5,9H,6-8H2,1-3H3. The normalized spacial score (nSPS) is 10.2. The molecule has 0 aromatic carbocycles. The lowest BCUT2D eigenvalue weighted by Crippen LogP contribution is -2.22. The molecule has 0 aliphatic rings. The molecule has 0 atom stereocenters. The Labute approximate surface area is 96.2 Å². The van der Waals surface area contributed by atoms with Crippen molar-refractivity contribution in [2.45, 2.75) is 13.3 Å². The maximum absolute atomic E-state index is 10.9. The van der Waals surface area contributed by atoms with Gasteiger partial charge in [-0.15, -0.1) is 0 Å². The Morgan fingerprint density at radius 2 is 2.25 bits per heavy atom. The van der Waals surface area contributed by atoms with Gasteiger partial charge in [-0.3, -0.25) is 4.79 Å². The zero-order valence-corrected chi connectivity index (χ0v) is 10.1. The first kappa shape index (κ1) is 12.6. The van der Waals surface area contributed by atoms with E-state index in [9.17, 15) is 4.79 Å². The summed E-state index contributed by atoms with van der Waals surface area (Å²) < 4.78 is 5.00. The third-order valence-electron chi connectivity index (χ3n) is 2.28. The van der Waals surface area contributed by atoms with Crippen molar-refractivity contribution < 1.29 is 9.53 Å². The van der Waals surface area contributed by atoms with Crippen LogP contribution in [0.4, 0.5) is 5.82 Å². The molecule has 0 bridgehead atoms. The molecule has 1 aromatic rings. The molecule has 4 nitrogen and oxygen atoms in total. The summed E-state index contributed by atoms with van der Waals surface area (Å²) in [5.74, 6) is 1.05. The summed E-state index contributed by atoms with van der Waals surface area (Å²) in [5, 5.41) is 0. The van der Waals surface area contributed by atoms with Crippen LogP contribution >= 0.6 is 0 Å². The Kier molecular flexibility index (Phi) is 4.92. The Morgan fingerprint density at radius 1 is 1.50 bits per heavy atom. The van der Waals surface area contributed by atoms with E-state index in [1.54, 1.807) is 20.2 Å². The number of carbonyl (C=O) groups is 1. The molecule has 1 aromatic heterocycles. The van der Waals surface area contributed by atoms with Crippen LogP contribution in [-0.2, 0) is 16.0 Å². The van der Waals surface area contributed by atoms with Crippen molar-refractivity contribution in [3.05, 3.63) is 23.9 Å². The van der Waals surface area contributed by atoms with Gasteiger partial charge in [-0.05, 0) is 18.6 Å². The van der Waals surface area contributed by atoms with Crippen molar-refractivity contribution in [3.8, 4) is 0 Å². The highest BCUT2D eigenvalue weighted by Gasteiger charge is 2.03. The smallest absolute Gasteiger partial charge is 0.134 e. The number of nitrogens with zero attached hydrogens (tertiary/aromatic N) is 2. The molecule has 0 aliphatic heterocycles. The van der Waals surface area contributed by atoms with Gasteiger partial charge in [0.05, 0.1) is 6.61 Å². The van der Waals surface area contributed by atoms with Crippen LogP contribution in [0.25, 0.3) is 0 Å². The molecule has 0 spiro atoms. The number of hydrogen-bond acceptors (Lipinski definition) is 4. The van der Waals surface area contributed by atoms with E-state index in [0.29, 0.717) is 13.0 Å². The van der Waals surface area contributed by atoms with Gasteiger partial charge in [0.25, 0.3) is 0 Å². The predicted molar refractivity (Wildman–Crippen MR) is 63.8 cm³/mol. The molecule has 0 amide bonds. The van der Waals surface area contributed by atoms with Gasteiger partial charge in [-0.25, -0.2) is 4.98 Å². The second kappa shape index (κ2) is 6.23. The fourth-order valence-electron chi connectivity index (χ4n) is 1.38. The van der Waals surface area contributed by atoms with Crippen LogP contribution in [0, 0.1) is 0 Å². The van der Waals surface area contributed by atoms with E-state index < -0.39 is 0 Å². The van der Waals surface area contributed by atoms with E-state index in [2.05, 4.69) is 4.98 Å². The van der Waals surface area contributed by atoms with E-state index in [-0.39, 0.29) is 5.78 Å². The van der Waals surface area contributed by atoms with Gasteiger partial charge >= 0.3 is 0 Å². The van der Waals surface area contributed by atoms with Crippen LogP contribution in [0.1, 0.15) is 12.5 Å². The Balaban J connectivity index is 2.59. The van der Waals surface area contributed by atoms with Crippen molar-refractivity contribution in [2.75, 3.05) is 32.2 Å². The number of methoxy groups -OCH3 is 1.